The molecule has 0 atom stereocenters. The molecule has 1 aromatic carbocycles. The van der Waals surface area contributed by atoms with E-state index in [1.807, 2.05) is 0 Å². The minimum Gasteiger partial charge on any atom is -0.307 e. The molecular weight excluding hydrogens is 386 g/mol. The molecule has 0 radical (unpaired) electrons. The minimum absolute atomic E-state index is 0.0324. The number of hydrogen-bond acceptors (Lipinski definition) is 4. The van der Waals surface area contributed by atoms with Gasteiger partial charge in [0.05, 0.1) is 5.75 Å². The van der Waals surface area contributed by atoms with Gasteiger partial charge in [0, 0.05) is 5.69 Å². The van der Waals surface area contributed by atoms with Crippen molar-refractivity contribution in [3.63, 3.8) is 0 Å². The van der Waals surface area contributed by atoms with Gasteiger partial charge >= 0.3 is 6.03 Å². The number of benzene rings is 1. The fourth-order valence-corrected chi connectivity index (χ4v) is 5.69. The van der Waals surface area contributed by atoms with Crippen molar-refractivity contribution in [1.82, 2.24) is 9.62 Å². The Morgan fingerprint density at radius 2 is 1.55 bits per heavy atom. The Kier molecular flexibility index (Phi) is 7.57. The summed E-state index contributed by atoms with van der Waals surface area (Å²) in [7, 11) is -3.64. The van der Waals surface area contributed by atoms with E-state index in [0.29, 0.717) is 6.42 Å². The van der Waals surface area contributed by atoms with Gasteiger partial charge < -0.3 is 10.2 Å². The second-order valence-corrected chi connectivity index (χ2v) is 10.1. The lowest BCUT2D eigenvalue weighted by molar-refractivity contribution is 0.256. The van der Waals surface area contributed by atoms with Gasteiger partial charge in [-0.1, -0.05) is 19.9 Å². The molecule has 0 fully saturated rings. The predicted molar refractivity (Wildman–Crippen MR) is 118 cm³/mol. The fraction of sp³-hybridized carbons (Fsp3) is 0.682. The molecule has 0 aliphatic heterocycles. The maximum atomic E-state index is 12.5. The standard InChI is InChI=1S/C22H35N3O3S/c1-3-12-25(13-4-2)14-7-15-29(27,28)24-22(26)23-21-19-10-5-8-17(19)16-18-9-6-11-20(18)21/h16H,3-15H2,1-2H3,(H2,23,24,26). The molecule has 0 unspecified atom stereocenters. The first kappa shape index (κ1) is 22.1. The first-order valence-corrected chi connectivity index (χ1v) is 12.8. The van der Waals surface area contributed by atoms with Crippen molar-refractivity contribution in [1.29, 1.82) is 0 Å². The highest BCUT2D eigenvalue weighted by Gasteiger charge is 2.26. The van der Waals surface area contributed by atoms with Crippen molar-refractivity contribution in [2.75, 3.05) is 30.7 Å². The molecule has 2 amide bonds. The third-order valence-electron chi connectivity index (χ3n) is 5.93. The molecule has 2 aliphatic rings. The molecule has 0 saturated heterocycles. The van der Waals surface area contributed by atoms with Crippen LogP contribution in [0.4, 0.5) is 10.5 Å². The van der Waals surface area contributed by atoms with Gasteiger partial charge in [-0.3, -0.25) is 0 Å². The Balaban J connectivity index is 1.58. The number of urea groups is 1. The van der Waals surface area contributed by atoms with Gasteiger partial charge in [-0.2, -0.15) is 0 Å². The summed E-state index contributed by atoms with van der Waals surface area (Å²) in [6.45, 7) is 6.95. The van der Waals surface area contributed by atoms with E-state index in [0.717, 1.165) is 76.7 Å². The predicted octanol–water partition coefficient (Wildman–Crippen LogP) is 3.63. The molecule has 162 valence electrons. The zero-order chi connectivity index (χ0) is 20.9. The van der Waals surface area contributed by atoms with Crippen LogP contribution in [0.5, 0.6) is 0 Å². The van der Waals surface area contributed by atoms with Crippen molar-refractivity contribution in [2.24, 2.45) is 0 Å². The number of fused-ring (bicyclic) bond motifs is 2. The summed E-state index contributed by atoms with van der Waals surface area (Å²) in [6, 6.07) is 1.67. The van der Waals surface area contributed by atoms with Gasteiger partial charge in [-0.25, -0.2) is 17.9 Å². The second-order valence-electron chi connectivity index (χ2n) is 8.30. The van der Waals surface area contributed by atoms with E-state index in [1.54, 1.807) is 0 Å². The number of carbonyl (C=O) groups is 1. The summed E-state index contributed by atoms with van der Waals surface area (Å²) in [5.74, 6) is -0.0324. The summed E-state index contributed by atoms with van der Waals surface area (Å²) >= 11 is 0. The van der Waals surface area contributed by atoms with Crippen LogP contribution in [0.15, 0.2) is 6.07 Å². The summed E-state index contributed by atoms with van der Waals surface area (Å²) in [5, 5.41) is 2.90. The highest BCUT2D eigenvalue weighted by Crippen LogP contribution is 2.38. The first-order chi connectivity index (χ1) is 13.9. The van der Waals surface area contributed by atoms with Crippen LogP contribution < -0.4 is 10.0 Å². The van der Waals surface area contributed by atoms with E-state index in [2.05, 4.69) is 34.9 Å². The molecule has 3 rings (SSSR count). The summed E-state index contributed by atoms with van der Waals surface area (Å²) in [4.78, 5) is 14.8. The third-order valence-corrected chi connectivity index (χ3v) is 7.25. The first-order valence-electron chi connectivity index (χ1n) is 11.1. The Hall–Kier alpha value is -1.60. The molecular formula is C22H35N3O3S. The van der Waals surface area contributed by atoms with Gasteiger partial charge in [0.25, 0.3) is 0 Å². The van der Waals surface area contributed by atoms with Crippen LogP contribution in [0.1, 0.15) is 68.2 Å². The van der Waals surface area contributed by atoms with E-state index < -0.39 is 16.1 Å². The number of nitrogens with zero attached hydrogens (tertiary/aromatic N) is 1. The van der Waals surface area contributed by atoms with E-state index in [1.165, 1.54) is 22.3 Å². The Morgan fingerprint density at radius 1 is 0.966 bits per heavy atom. The van der Waals surface area contributed by atoms with Crippen LogP contribution in [0.2, 0.25) is 0 Å². The van der Waals surface area contributed by atoms with Gasteiger partial charge in [-0.05, 0) is 99.7 Å². The summed E-state index contributed by atoms with van der Waals surface area (Å²) in [6.07, 6.45) is 8.83. The molecule has 0 spiro atoms. The molecule has 7 heteroatoms. The van der Waals surface area contributed by atoms with Gasteiger partial charge in [0.15, 0.2) is 0 Å². The lowest BCUT2D eigenvalue weighted by Crippen LogP contribution is -2.37. The number of nitrogens with one attached hydrogen (secondary N) is 2. The number of amides is 2. The maximum absolute atomic E-state index is 12.5. The molecule has 6 nitrogen and oxygen atoms in total. The molecule has 2 N–H and O–H groups in total. The average molecular weight is 422 g/mol. The van der Waals surface area contributed by atoms with E-state index in [-0.39, 0.29) is 5.75 Å². The van der Waals surface area contributed by atoms with Gasteiger partial charge in [-0.15, -0.1) is 0 Å². The quantitative estimate of drug-likeness (QED) is 0.605. The zero-order valence-electron chi connectivity index (χ0n) is 17.8. The topological polar surface area (TPSA) is 78.5 Å². The van der Waals surface area contributed by atoms with Gasteiger partial charge in [0.1, 0.15) is 0 Å². The Labute approximate surface area is 175 Å². The smallest absolute Gasteiger partial charge is 0.307 e. The Bertz CT molecular complexity index is 798. The molecule has 29 heavy (non-hydrogen) atoms. The largest absolute Gasteiger partial charge is 0.332 e. The monoisotopic (exact) mass is 421 g/mol. The third kappa shape index (κ3) is 5.72. The summed E-state index contributed by atoms with van der Waals surface area (Å²) in [5.41, 5.74) is 5.91. The number of anilines is 1. The normalized spacial score (nSPS) is 15.4. The maximum Gasteiger partial charge on any atom is 0.332 e. The number of hydrogen-bond donors (Lipinski definition) is 2. The lowest BCUT2D eigenvalue weighted by atomic mass is 9.99. The van der Waals surface area contributed by atoms with Crippen molar-refractivity contribution < 1.29 is 13.2 Å². The molecule has 0 aromatic heterocycles. The number of aryl methyl sites for hydroxylation is 2. The van der Waals surface area contributed by atoms with Crippen LogP contribution >= 0.6 is 0 Å². The molecule has 0 bridgehead atoms. The van der Waals surface area contributed by atoms with Crippen LogP contribution in [-0.2, 0) is 35.7 Å². The van der Waals surface area contributed by atoms with Crippen LogP contribution in [0, 0.1) is 0 Å². The van der Waals surface area contributed by atoms with Crippen LogP contribution in [0.3, 0.4) is 0 Å². The summed E-state index contributed by atoms with van der Waals surface area (Å²) < 4.78 is 27.0. The zero-order valence-corrected chi connectivity index (χ0v) is 18.7. The van der Waals surface area contributed by atoms with Crippen molar-refractivity contribution in [3.05, 3.63) is 28.3 Å². The van der Waals surface area contributed by atoms with Crippen molar-refractivity contribution in [2.45, 2.75) is 71.6 Å². The molecule has 2 aliphatic carbocycles. The highest BCUT2D eigenvalue weighted by molar-refractivity contribution is 7.90. The second kappa shape index (κ2) is 9.94. The van der Waals surface area contributed by atoms with E-state index in [9.17, 15) is 13.2 Å². The lowest BCUT2D eigenvalue weighted by Gasteiger charge is -2.20. The van der Waals surface area contributed by atoms with Crippen molar-refractivity contribution >= 4 is 21.7 Å². The fourth-order valence-electron chi connectivity index (χ4n) is 4.74. The number of rotatable bonds is 10. The SMILES string of the molecule is CCCN(CCC)CCCS(=O)(=O)NC(=O)Nc1c2c(cc3c1CCC3)CCC2. The van der Waals surface area contributed by atoms with E-state index >= 15 is 0 Å². The van der Waals surface area contributed by atoms with Crippen LogP contribution in [0.25, 0.3) is 0 Å². The molecule has 1 aromatic rings. The average Bonchev–Trinajstić information content (AvgIpc) is 3.30. The van der Waals surface area contributed by atoms with Gasteiger partial charge in [0.2, 0.25) is 10.0 Å². The minimum atomic E-state index is -3.64. The number of carbonyl (C=O) groups excluding carboxylic acids is 1. The van der Waals surface area contributed by atoms with E-state index in [4.69, 9.17) is 0 Å². The van der Waals surface area contributed by atoms with Crippen LogP contribution in [-0.4, -0.2) is 44.7 Å². The number of sulfonamides is 1. The molecule has 0 saturated carbocycles. The van der Waals surface area contributed by atoms with Crippen molar-refractivity contribution in [3.8, 4) is 0 Å². The highest BCUT2D eigenvalue weighted by atomic mass is 32.2. The molecule has 0 heterocycles. The Morgan fingerprint density at radius 3 is 2.10 bits per heavy atom.